The number of unbranched alkanes of at least 4 members (excludes halogenated alkanes) is 3. The molecule has 0 amide bonds. The molecular weight excluding hydrogens is 208 g/mol. The van der Waals surface area contributed by atoms with E-state index in [1.54, 1.807) is 0 Å². The highest BCUT2D eigenvalue weighted by atomic mass is 14.9. The number of aryl methyl sites for hydroxylation is 2. The molecule has 1 rings (SSSR count). The Hall–Kier alpha value is -1.36. The molecule has 94 valence electrons. The largest absolute Gasteiger partial charge is 0.512 e. The fourth-order valence-corrected chi connectivity index (χ4v) is 1.87. The van der Waals surface area contributed by atoms with Gasteiger partial charge in [0.1, 0.15) is 6.54 Å². The molecule has 1 aromatic heterocycles. The predicted octanol–water partition coefficient (Wildman–Crippen LogP) is 3.60. The van der Waals surface area contributed by atoms with Gasteiger partial charge in [-0.1, -0.05) is 33.1 Å². The van der Waals surface area contributed by atoms with Crippen LogP contribution in [0.25, 0.3) is 0 Å². The third-order valence-electron chi connectivity index (χ3n) is 2.73. The Balaban J connectivity index is 0.00000121. The fraction of sp³-hybridized carbons (Fsp3) is 0.600. The van der Waals surface area contributed by atoms with Crippen LogP contribution in [0.2, 0.25) is 0 Å². The summed E-state index contributed by atoms with van der Waals surface area (Å²) in [5.41, 5.74) is 1.47. The van der Waals surface area contributed by atoms with Crippen LogP contribution >= 0.6 is 0 Å². The zero-order valence-corrected chi connectivity index (χ0v) is 11.2. The van der Waals surface area contributed by atoms with Crippen LogP contribution in [0.15, 0.2) is 24.5 Å². The second-order valence-corrected chi connectivity index (χ2v) is 4.26. The Labute approximate surface area is 106 Å². The standard InChI is InChI=1S/C14H24N.CN/c1-3-5-6-7-11-15-12-8-10-14(13-15)9-4-2;1-2/h8,10,12-13H,3-7,9,11H2,1-2H3;/q+1;-1. The highest BCUT2D eigenvalue weighted by molar-refractivity contribution is 5.04. The summed E-state index contributed by atoms with van der Waals surface area (Å²) in [7, 11) is 0. The van der Waals surface area contributed by atoms with Gasteiger partial charge in [-0.25, -0.2) is 4.57 Å². The zero-order valence-electron chi connectivity index (χ0n) is 11.2. The lowest BCUT2D eigenvalue weighted by atomic mass is 10.1. The number of rotatable bonds is 7. The van der Waals surface area contributed by atoms with Gasteiger partial charge in [0.2, 0.25) is 0 Å². The average Bonchev–Trinajstić information content (AvgIpc) is 2.38. The Morgan fingerprint density at radius 3 is 2.53 bits per heavy atom. The molecule has 2 heteroatoms. The Morgan fingerprint density at radius 2 is 1.88 bits per heavy atom. The SMILES string of the molecule is CCCCCC[n+]1cccc(CCC)c1.[C-]#N. The van der Waals surface area contributed by atoms with Gasteiger partial charge in [-0.2, -0.15) is 0 Å². The van der Waals surface area contributed by atoms with Gasteiger partial charge in [-0.05, 0) is 18.9 Å². The van der Waals surface area contributed by atoms with E-state index in [0.717, 1.165) is 0 Å². The summed E-state index contributed by atoms with van der Waals surface area (Å²) in [6, 6.07) is 4.40. The molecule has 0 unspecified atom stereocenters. The molecule has 17 heavy (non-hydrogen) atoms. The van der Waals surface area contributed by atoms with Gasteiger partial charge >= 0.3 is 0 Å². The van der Waals surface area contributed by atoms with E-state index in [2.05, 4.69) is 42.9 Å². The first kappa shape index (κ1) is 15.6. The van der Waals surface area contributed by atoms with E-state index >= 15 is 0 Å². The lowest BCUT2D eigenvalue weighted by Gasteiger charge is -1.99. The number of hydrogen-bond donors (Lipinski definition) is 0. The predicted molar refractivity (Wildman–Crippen MR) is 69.7 cm³/mol. The van der Waals surface area contributed by atoms with Crippen LogP contribution < -0.4 is 4.57 Å². The van der Waals surface area contributed by atoms with Crippen molar-refractivity contribution in [3.05, 3.63) is 36.7 Å². The molecule has 1 heterocycles. The molecule has 0 N–H and O–H groups in total. The summed E-state index contributed by atoms with van der Waals surface area (Å²) in [6.45, 7) is 10.4. The summed E-state index contributed by atoms with van der Waals surface area (Å²) in [5.74, 6) is 0. The molecular formula is C15H24N2. The van der Waals surface area contributed by atoms with Crippen LogP contribution in [0.3, 0.4) is 0 Å². The van der Waals surface area contributed by atoms with Crippen LogP contribution in [-0.4, -0.2) is 0 Å². The minimum atomic E-state index is 1.18. The first-order valence-electron chi connectivity index (χ1n) is 6.57. The fourth-order valence-electron chi connectivity index (χ4n) is 1.87. The van der Waals surface area contributed by atoms with E-state index in [1.165, 1.54) is 50.6 Å². The van der Waals surface area contributed by atoms with Crippen molar-refractivity contribution in [3.8, 4) is 0 Å². The van der Waals surface area contributed by atoms with Crippen LogP contribution in [0.4, 0.5) is 0 Å². The average molecular weight is 232 g/mol. The van der Waals surface area contributed by atoms with Gasteiger partial charge in [-0.15, -0.1) is 0 Å². The second kappa shape index (κ2) is 11.1. The van der Waals surface area contributed by atoms with Gasteiger partial charge in [0.05, 0.1) is 0 Å². The third-order valence-corrected chi connectivity index (χ3v) is 2.73. The van der Waals surface area contributed by atoms with Gasteiger partial charge in [0, 0.05) is 18.1 Å². The third kappa shape index (κ3) is 7.52. The van der Waals surface area contributed by atoms with Crippen molar-refractivity contribution in [1.82, 2.24) is 0 Å². The number of hydrogen-bond acceptors (Lipinski definition) is 1. The molecule has 0 fully saturated rings. The lowest BCUT2D eigenvalue weighted by Crippen LogP contribution is -2.33. The Morgan fingerprint density at radius 1 is 1.12 bits per heavy atom. The molecule has 0 radical (unpaired) electrons. The van der Waals surface area contributed by atoms with Gasteiger partial charge in [0.25, 0.3) is 0 Å². The molecule has 0 bridgehead atoms. The molecule has 1 aromatic rings. The minimum absolute atomic E-state index is 1.18. The normalized spacial score (nSPS) is 9.41. The molecule has 0 aliphatic heterocycles. The van der Waals surface area contributed by atoms with Crippen molar-refractivity contribution in [2.75, 3.05) is 0 Å². The first-order valence-corrected chi connectivity index (χ1v) is 6.57. The molecule has 0 spiro atoms. The van der Waals surface area contributed by atoms with Gasteiger partial charge < -0.3 is 11.8 Å². The van der Waals surface area contributed by atoms with Crippen molar-refractivity contribution >= 4 is 0 Å². The summed E-state index contributed by atoms with van der Waals surface area (Å²) in [6.07, 6.45) is 12.3. The zero-order chi connectivity index (χ0) is 12.9. The molecule has 0 atom stereocenters. The minimum Gasteiger partial charge on any atom is -0.512 e. The molecule has 2 nitrogen and oxygen atoms in total. The van der Waals surface area contributed by atoms with Crippen LogP contribution in [0.5, 0.6) is 0 Å². The first-order chi connectivity index (χ1) is 8.36. The smallest absolute Gasteiger partial charge is 0.171 e. The monoisotopic (exact) mass is 232 g/mol. The Bertz CT molecular complexity index is 305. The highest BCUT2D eigenvalue weighted by Crippen LogP contribution is 2.01. The maximum atomic E-state index is 6.25. The van der Waals surface area contributed by atoms with Crippen LogP contribution in [0, 0.1) is 11.8 Å². The summed E-state index contributed by atoms with van der Waals surface area (Å²) >= 11 is 0. The van der Waals surface area contributed by atoms with Crippen molar-refractivity contribution in [3.63, 3.8) is 0 Å². The van der Waals surface area contributed by atoms with Gasteiger partial charge in [0.15, 0.2) is 12.4 Å². The van der Waals surface area contributed by atoms with Gasteiger partial charge in [-0.3, -0.25) is 0 Å². The van der Waals surface area contributed by atoms with Crippen molar-refractivity contribution < 1.29 is 4.57 Å². The van der Waals surface area contributed by atoms with E-state index in [9.17, 15) is 0 Å². The molecule has 0 saturated heterocycles. The topological polar surface area (TPSA) is 27.7 Å². The van der Waals surface area contributed by atoms with E-state index in [4.69, 9.17) is 11.8 Å². The molecule has 0 aromatic carbocycles. The highest BCUT2D eigenvalue weighted by Gasteiger charge is 2.01. The number of aromatic nitrogens is 1. The second-order valence-electron chi connectivity index (χ2n) is 4.26. The van der Waals surface area contributed by atoms with Crippen molar-refractivity contribution in [2.45, 2.75) is 58.9 Å². The number of pyridine rings is 1. The number of nitrogens with zero attached hydrogens (tertiary/aromatic N) is 2. The summed E-state index contributed by atoms with van der Waals surface area (Å²) < 4.78 is 2.33. The van der Waals surface area contributed by atoms with Crippen LogP contribution in [0.1, 0.15) is 51.5 Å². The van der Waals surface area contributed by atoms with Crippen molar-refractivity contribution in [2.24, 2.45) is 0 Å². The molecule has 0 saturated carbocycles. The maximum absolute atomic E-state index is 6.25. The Kier molecular flexibility index (Phi) is 10.2. The maximum Gasteiger partial charge on any atom is 0.171 e. The van der Waals surface area contributed by atoms with Crippen LogP contribution in [-0.2, 0) is 13.0 Å². The van der Waals surface area contributed by atoms with E-state index in [-0.39, 0.29) is 0 Å². The van der Waals surface area contributed by atoms with E-state index in [1.807, 2.05) is 0 Å². The summed E-state index contributed by atoms with van der Waals surface area (Å²) in [4.78, 5) is 0. The lowest BCUT2D eigenvalue weighted by molar-refractivity contribution is -0.697. The molecule has 0 aliphatic rings. The van der Waals surface area contributed by atoms with Crippen molar-refractivity contribution in [1.29, 1.82) is 5.26 Å². The van der Waals surface area contributed by atoms with E-state index < -0.39 is 0 Å². The van der Waals surface area contributed by atoms with E-state index in [0.29, 0.717) is 0 Å². The quantitative estimate of drug-likeness (QED) is 0.401. The molecule has 0 aliphatic carbocycles. The summed E-state index contributed by atoms with van der Waals surface area (Å²) in [5, 5.41) is 6.25.